The number of nitrogens with one attached hydrogen (secondary N) is 1. The molecule has 7 nitrogen and oxygen atoms in total. The number of carbonyl (C=O) groups excluding carboxylic acids is 1. The van der Waals surface area contributed by atoms with Gasteiger partial charge in [-0.25, -0.2) is 8.42 Å². The van der Waals surface area contributed by atoms with E-state index in [0.29, 0.717) is 5.69 Å². The van der Waals surface area contributed by atoms with Crippen LogP contribution in [0.4, 0.5) is 5.69 Å². The summed E-state index contributed by atoms with van der Waals surface area (Å²) < 4.78 is 28.2. The van der Waals surface area contributed by atoms with Crippen molar-refractivity contribution in [3.63, 3.8) is 0 Å². The number of benzene rings is 2. The second-order valence-corrected chi connectivity index (χ2v) is 8.07. The van der Waals surface area contributed by atoms with Crippen molar-refractivity contribution < 1.29 is 13.2 Å². The summed E-state index contributed by atoms with van der Waals surface area (Å²) in [6.45, 7) is 0.373. The second-order valence-electron chi connectivity index (χ2n) is 6.02. The van der Waals surface area contributed by atoms with Crippen LogP contribution in [0.5, 0.6) is 0 Å². The monoisotopic (exact) mass is 384 g/mol. The molecule has 2 aromatic carbocycles. The van der Waals surface area contributed by atoms with Gasteiger partial charge < -0.3 is 5.32 Å². The number of hydrogen-bond acceptors (Lipinski definition) is 4. The van der Waals surface area contributed by atoms with Crippen LogP contribution in [0.25, 0.3) is 0 Å². The number of carbonyl (C=O) groups is 1. The van der Waals surface area contributed by atoms with E-state index in [1.165, 1.54) is 21.1 Å². The molecule has 1 heterocycles. The molecule has 140 valence electrons. The SMILES string of the molecule is CN(Cc1ccccc1)S(=O)(=O)c1ccc(NC(=O)Cn2cccn2)cc1. The van der Waals surface area contributed by atoms with Crippen LogP contribution in [0.3, 0.4) is 0 Å². The lowest BCUT2D eigenvalue weighted by Crippen LogP contribution is -2.26. The van der Waals surface area contributed by atoms with Gasteiger partial charge in [0.2, 0.25) is 15.9 Å². The third kappa shape index (κ3) is 4.81. The topological polar surface area (TPSA) is 84.3 Å². The molecule has 0 fully saturated rings. The summed E-state index contributed by atoms with van der Waals surface area (Å²) in [7, 11) is -2.07. The molecule has 0 aliphatic heterocycles. The summed E-state index contributed by atoms with van der Waals surface area (Å²) in [5, 5.41) is 6.69. The van der Waals surface area contributed by atoms with Crippen molar-refractivity contribution in [1.82, 2.24) is 14.1 Å². The number of nitrogens with zero attached hydrogens (tertiary/aromatic N) is 3. The van der Waals surface area contributed by atoms with Gasteiger partial charge in [0, 0.05) is 31.7 Å². The van der Waals surface area contributed by atoms with Crippen LogP contribution in [0, 0.1) is 0 Å². The van der Waals surface area contributed by atoms with E-state index < -0.39 is 10.0 Å². The van der Waals surface area contributed by atoms with Gasteiger partial charge in [0.1, 0.15) is 6.54 Å². The van der Waals surface area contributed by atoms with Gasteiger partial charge in [0.05, 0.1) is 4.90 Å². The van der Waals surface area contributed by atoms with Crippen LogP contribution >= 0.6 is 0 Å². The fraction of sp³-hybridized carbons (Fsp3) is 0.158. The molecule has 3 aromatic rings. The zero-order chi connectivity index (χ0) is 19.3. The van der Waals surface area contributed by atoms with Gasteiger partial charge in [-0.05, 0) is 35.9 Å². The summed E-state index contributed by atoms with van der Waals surface area (Å²) in [5.74, 6) is -0.240. The van der Waals surface area contributed by atoms with Gasteiger partial charge in [-0.3, -0.25) is 9.48 Å². The highest BCUT2D eigenvalue weighted by molar-refractivity contribution is 7.89. The van der Waals surface area contributed by atoms with Crippen molar-refractivity contribution in [3.05, 3.63) is 78.6 Å². The summed E-state index contributed by atoms with van der Waals surface area (Å²) in [6, 6.07) is 17.2. The maximum atomic E-state index is 12.7. The van der Waals surface area contributed by atoms with Crippen molar-refractivity contribution >= 4 is 21.6 Å². The molecule has 0 spiro atoms. The minimum atomic E-state index is -3.62. The molecule has 0 saturated heterocycles. The Kier molecular flexibility index (Phi) is 5.68. The fourth-order valence-electron chi connectivity index (χ4n) is 2.56. The molecule has 8 heteroatoms. The van der Waals surface area contributed by atoms with Crippen LogP contribution in [-0.4, -0.2) is 35.5 Å². The molecular formula is C19H20N4O3S. The molecule has 0 unspecified atom stereocenters. The second kappa shape index (κ2) is 8.15. The van der Waals surface area contributed by atoms with Gasteiger partial charge in [0.25, 0.3) is 0 Å². The Morgan fingerprint density at radius 1 is 1.07 bits per heavy atom. The Morgan fingerprint density at radius 2 is 1.78 bits per heavy atom. The van der Waals surface area contributed by atoms with E-state index in [1.54, 1.807) is 37.6 Å². The van der Waals surface area contributed by atoms with Crippen molar-refractivity contribution in [2.75, 3.05) is 12.4 Å². The lowest BCUT2D eigenvalue weighted by molar-refractivity contribution is -0.116. The molecule has 27 heavy (non-hydrogen) atoms. The molecule has 0 aliphatic carbocycles. The van der Waals surface area contributed by atoms with Crippen LogP contribution in [0.2, 0.25) is 0 Å². The molecule has 0 radical (unpaired) electrons. The van der Waals surface area contributed by atoms with Gasteiger partial charge in [-0.15, -0.1) is 0 Å². The number of sulfonamides is 1. The number of aromatic nitrogens is 2. The third-order valence-corrected chi connectivity index (χ3v) is 5.78. The molecule has 1 N–H and O–H groups in total. The molecular weight excluding hydrogens is 364 g/mol. The number of amides is 1. The number of rotatable bonds is 7. The van der Waals surface area contributed by atoms with Crippen molar-refractivity contribution in [1.29, 1.82) is 0 Å². The Hall–Kier alpha value is -2.97. The van der Waals surface area contributed by atoms with Gasteiger partial charge >= 0.3 is 0 Å². The van der Waals surface area contributed by atoms with E-state index in [9.17, 15) is 13.2 Å². The standard InChI is InChI=1S/C19H20N4O3S/c1-22(14-16-6-3-2-4-7-16)27(25,26)18-10-8-17(9-11-18)21-19(24)15-23-13-5-12-20-23/h2-13H,14-15H2,1H3,(H,21,24). The Bertz CT molecular complexity index is 985. The van der Waals surface area contributed by atoms with Crippen LogP contribution in [0.15, 0.2) is 78.0 Å². The van der Waals surface area contributed by atoms with Crippen molar-refractivity contribution in [2.24, 2.45) is 0 Å². The maximum absolute atomic E-state index is 12.7. The first-order valence-corrected chi connectivity index (χ1v) is 9.77. The highest BCUT2D eigenvalue weighted by Gasteiger charge is 2.20. The predicted octanol–water partition coefficient (Wildman–Crippen LogP) is 2.34. The average Bonchev–Trinajstić information content (AvgIpc) is 3.16. The zero-order valence-corrected chi connectivity index (χ0v) is 15.6. The molecule has 0 bridgehead atoms. The van der Waals surface area contributed by atoms with Gasteiger partial charge in [0.15, 0.2) is 0 Å². The normalized spacial score (nSPS) is 11.5. The minimum absolute atomic E-state index is 0.0901. The smallest absolute Gasteiger partial charge is 0.246 e. The Morgan fingerprint density at radius 3 is 2.41 bits per heavy atom. The summed E-state index contributed by atoms with van der Waals surface area (Å²) in [4.78, 5) is 12.1. The Labute approximate surface area is 158 Å². The lowest BCUT2D eigenvalue weighted by atomic mass is 10.2. The van der Waals surface area contributed by atoms with E-state index in [2.05, 4.69) is 10.4 Å². The number of hydrogen-bond donors (Lipinski definition) is 1. The first kappa shape index (κ1) is 18.8. The summed E-state index contributed by atoms with van der Waals surface area (Å²) in [6.07, 6.45) is 3.29. The first-order chi connectivity index (χ1) is 12.9. The number of anilines is 1. The van der Waals surface area contributed by atoms with Crippen LogP contribution in [-0.2, 0) is 27.9 Å². The minimum Gasteiger partial charge on any atom is -0.324 e. The molecule has 0 atom stereocenters. The fourth-order valence-corrected chi connectivity index (χ4v) is 3.72. The predicted molar refractivity (Wildman–Crippen MR) is 102 cm³/mol. The van der Waals surface area contributed by atoms with E-state index in [0.717, 1.165) is 5.56 Å². The lowest BCUT2D eigenvalue weighted by Gasteiger charge is -2.17. The van der Waals surface area contributed by atoms with E-state index in [-0.39, 0.29) is 23.9 Å². The molecule has 0 saturated carbocycles. The van der Waals surface area contributed by atoms with Crippen LogP contribution in [0.1, 0.15) is 5.56 Å². The summed E-state index contributed by atoms with van der Waals surface area (Å²) >= 11 is 0. The largest absolute Gasteiger partial charge is 0.324 e. The first-order valence-electron chi connectivity index (χ1n) is 8.33. The van der Waals surface area contributed by atoms with E-state index >= 15 is 0 Å². The molecule has 0 aliphatic rings. The van der Waals surface area contributed by atoms with Crippen molar-refractivity contribution in [3.8, 4) is 0 Å². The van der Waals surface area contributed by atoms with E-state index in [1.807, 2.05) is 30.3 Å². The summed E-state index contributed by atoms with van der Waals surface area (Å²) in [5.41, 5.74) is 1.43. The third-order valence-electron chi connectivity index (χ3n) is 3.96. The van der Waals surface area contributed by atoms with E-state index in [4.69, 9.17) is 0 Å². The highest BCUT2D eigenvalue weighted by atomic mass is 32.2. The Balaban J connectivity index is 1.65. The van der Waals surface area contributed by atoms with Crippen molar-refractivity contribution in [2.45, 2.75) is 18.0 Å². The molecule has 1 amide bonds. The van der Waals surface area contributed by atoms with Gasteiger partial charge in [-0.2, -0.15) is 9.40 Å². The van der Waals surface area contributed by atoms with Crippen LogP contribution < -0.4 is 5.32 Å². The zero-order valence-electron chi connectivity index (χ0n) is 14.8. The quantitative estimate of drug-likeness (QED) is 0.678. The average molecular weight is 384 g/mol. The molecule has 1 aromatic heterocycles. The molecule has 3 rings (SSSR count). The maximum Gasteiger partial charge on any atom is 0.246 e. The van der Waals surface area contributed by atoms with Gasteiger partial charge in [-0.1, -0.05) is 30.3 Å². The highest BCUT2D eigenvalue weighted by Crippen LogP contribution is 2.19.